The van der Waals surface area contributed by atoms with Crippen molar-refractivity contribution in [1.29, 1.82) is 0 Å². The summed E-state index contributed by atoms with van der Waals surface area (Å²) < 4.78 is 19.4. The van der Waals surface area contributed by atoms with E-state index in [4.69, 9.17) is 4.74 Å². The van der Waals surface area contributed by atoms with Crippen molar-refractivity contribution in [2.75, 3.05) is 25.7 Å². The highest BCUT2D eigenvalue weighted by molar-refractivity contribution is 8.76. The number of aromatic amines is 1. The lowest BCUT2D eigenvalue weighted by Gasteiger charge is -2.17. The Hall–Kier alpha value is -2.45. The van der Waals surface area contributed by atoms with Crippen LogP contribution in [-0.2, 0) is 17.7 Å². The van der Waals surface area contributed by atoms with Crippen molar-refractivity contribution in [3.05, 3.63) is 58.9 Å². The van der Waals surface area contributed by atoms with E-state index in [1.54, 1.807) is 33.5 Å². The summed E-state index contributed by atoms with van der Waals surface area (Å²) in [7, 11) is 5.02. The number of nitrogens with one attached hydrogen (secondary N) is 1. The summed E-state index contributed by atoms with van der Waals surface area (Å²) in [5.74, 6) is 0.356. The molecule has 1 aliphatic carbocycles. The molecular formula is C24H25FN2O3S2. The number of hydrogen-bond donors (Lipinski definition) is 1. The van der Waals surface area contributed by atoms with Crippen LogP contribution in [0.4, 0.5) is 9.18 Å². The summed E-state index contributed by atoms with van der Waals surface area (Å²) in [6.45, 7) is 0.833. The Morgan fingerprint density at radius 1 is 1.22 bits per heavy atom. The van der Waals surface area contributed by atoms with Crippen LogP contribution in [0.25, 0.3) is 22.2 Å². The van der Waals surface area contributed by atoms with Gasteiger partial charge in [0.15, 0.2) is 5.78 Å². The number of carbonyl (C=O) groups is 2. The summed E-state index contributed by atoms with van der Waals surface area (Å²) in [6, 6.07) is 10.8. The van der Waals surface area contributed by atoms with Gasteiger partial charge in [-0.3, -0.25) is 4.79 Å². The quantitative estimate of drug-likeness (QED) is 0.334. The monoisotopic (exact) mass is 472 g/mol. The van der Waals surface area contributed by atoms with Crippen LogP contribution in [0.5, 0.6) is 0 Å². The van der Waals surface area contributed by atoms with E-state index in [1.165, 1.54) is 12.1 Å². The smallest absolute Gasteiger partial charge is 0.409 e. The molecule has 0 saturated carbocycles. The van der Waals surface area contributed by atoms with Crippen LogP contribution in [0.1, 0.15) is 34.3 Å². The summed E-state index contributed by atoms with van der Waals surface area (Å²) in [5, 5.41) is 0.843. The van der Waals surface area contributed by atoms with Gasteiger partial charge in [0.1, 0.15) is 12.4 Å². The molecule has 1 aromatic heterocycles. The van der Waals surface area contributed by atoms with Gasteiger partial charge in [0.2, 0.25) is 0 Å². The van der Waals surface area contributed by atoms with Crippen molar-refractivity contribution < 1.29 is 18.7 Å². The zero-order valence-electron chi connectivity index (χ0n) is 18.1. The number of ether oxygens (including phenoxy) is 1. The number of nitrogens with zero attached hydrogens (tertiary/aromatic N) is 1. The predicted molar refractivity (Wildman–Crippen MR) is 130 cm³/mol. The van der Waals surface area contributed by atoms with E-state index < -0.39 is 5.82 Å². The molecule has 32 heavy (non-hydrogen) atoms. The average Bonchev–Trinajstić information content (AvgIpc) is 3.05. The Bertz CT molecular complexity index is 1140. The van der Waals surface area contributed by atoms with Crippen molar-refractivity contribution in [3.63, 3.8) is 0 Å². The SMILES string of the molecule is CSSCCOC(=O)N(C)Cc1ccc(-c2[nH]c3cc(F)cc4c3c2CCCC4=O)cc1. The van der Waals surface area contributed by atoms with E-state index in [2.05, 4.69) is 4.98 Å². The second kappa shape index (κ2) is 10.0. The molecule has 3 aromatic rings. The fourth-order valence-electron chi connectivity index (χ4n) is 4.11. The number of aromatic nitrogens is 1. The van der Waals surface area contributed by atoms with Gasteiger partial charge in [0.25, 0.3) is 0 Å². The Morgan fingerprint density at radius 2 is 2.00 bits per heavy atom. The minimum atomic E-state index is -0.403. The lowest BCUT2D eigenvalue weighted by Crippen LogP contribution is -2.27. The molecule has 0 spiro atoms. The molecular weight excluding hydrogens is 447 g/mol. The average molecular weight is 473 g/mol. The van der Waals surface area contributed by atoms with Crippen molar-refractivity contribution in [3.8, 4) is 11.3 Å². The number of carbonyl (C=O) groups excluding carboxylic acids is 2. The third kappa shape index (κ3) is 4.81. The predicted octanol–water partition coefficient (Wildman–Crippen LogP) is 6.07. The van der Waals surface area contributed by atoms with Crippen LogP contribution in [-0.4, -0.2) is 47.4 Å². The van der Waals surface area contributed by atoms with Gasteiger partial charge < -0.3 is 14.6 Å². The lowest BCUT2D eigenvalue weighted by atomic mass is 9.99. The molecule has 0 atom stereocenters. The highest BCUT2D eigenvalue weighted by Crippen LogP contribution is 2.37. The number of hydrogen-bond acceptors (Lipinski definition) is 5. The van der Waals surface area contributed by atoms with Crippen LogP contribution in [0, 0.1) is 5.82 Å². The third-order valence-corrected chi connectivity index (χ3v) is 7.36. The first-order valence-corrected chi connectivity index (χ1v) is 13.2. The Kier molecular flexibility index (Phi) is 7.10. The normalized spacial score (nSPS) is 13.3. The topological polar surface area (TPSA) is 62.4 Å². The van der Waals surface area contributed by atoms with Gasteiger partial charge >= 0.3 is 6.09 Å². The second-order valence-corrected chi connectivity index (χ2v) is 10.5. The molecule has 0 bridgehead atoms. The number of H-pyrrole nitrogens is 1. The van der Waals surface area contributed by atoms with Gasteiger partial charge in [-0.15, -0.1) is 0 Å². The Morgan fingerprint density at radius 3 is 2.75 bits per heavy atom. The van der Waals surface area contributed by atoms with Crippen LogP contribution in [0.3, 0.4) is 0 Å². The molecule has 0 unspecified atom stereocenters. The van der Waals surface area contributed by atoms with Crippen LogP contribution < -0.4 is 0 Å². The maximum absolute atomic E-state index is 14.1. The maximum atomic E-state index is 14.1. The number of aryl methyl sites for hydroxylation is 1. The number of rotatable bonds is 7. The molecule has 1 N–H and O–H groups in total. The van der Waals surface area contributed by atoms with Crippen LogP contribution >= 0.6 is 21.6 Å². The van der Waals surface area contributed by atoms with Gasteiger partial charge in [0.05, 0.1) is 0 Å². The maximum Gasteiger partial charge on any atom is 0.409 e. The molecule has 5 nitrogen and oxygen atoms in total. The molecule has 1 heterocycles. The van der Waals surface area contributed by atoms with Gasteiger partial charge in [-0.1, -0.05) is 45.9 Å². The standard InChI is InChI=1S/C24H25FN2O3S2/c1-27(24(29)30-10-11-32-31-2)14-15-6-8-16(9-7-15)23-18-4-3-5-21(28)19-12-17(25)13-20(26-23)22(18)19/h6-9,12-13,26H,3-5,10-11,14H2,1-2H3. The zero-order chi connectivity index (χ0) is 22.7. The van der Waals surface area contributed by atoms with Crippen molar-refractivity contribution in [2.24, 2.45) is 0 Å². The number of ketones is 1. The molecule has 2 aromatic carbocycles. The molecule has 0 fully saturated rings. The highest BCUT2D eigenvalue weighted by Gasteiger charge is 2.23. The summed E-state index contributed by atoms with van der Waals surface area (Å²) in [5.41, 5.74) is 5.08. The summed E-state index contributed by atoms with van der Waals surface area (Å²) >= 11 is 0. The summed E-state index contributed by atoms with van der Waals surface area (Å²) in [6.07, 6.45) is 3.60. The number of amides is 1. The minimum absolute atomic E-state index is 0.00360. The Balaban J connectivity index is 1.53. The van der Waals surface area contributed by atoms with E-state index >= 15 is 0 Å². The van der Waals surface area contributed by atoms with Gasteiger partial charge in [0, 0.05) is 47.9 Å². The minimum Gasteiger partial charge on any atom is -0.449 e. The number of benzene rings is 2. The van der Waals surface area contributed by atoms with Crippen LogP contribution in [0.15, 0.2) is 36.4 Å². The van der Waals surface area contributed by atoms with E-state index in [1.807, 2.05) is 30.5 Å². The van der Waals surface area contributed by atoms with E-state index in [0.717, 1.165) is 46.4 Å². The first-order chi connectivity index (χ1) is 15.5. The van der Waals surface area contributed by atoms with Gasteiger partial charge in [-0.05, 0) is 47.9 Å². The van der Waals surface area contributed by atoms with Crippen molar-refractivity contribution in [2.45, 2.75) is 25.8 Å². The molecule has 0 aliphatic heterocycles. The molecule has 8 heteroatoms. The lowest BCUT2D eigenvalue weighted by molar-refractivity contribution is 0.0982. The molecule has 1 aliphatic rings. The largest absolute Gasteiger partial charge is 0.449 e. The van der Waals surface area contributed by atoms with E-state index in [0.29, 0.717) is 30.7 Å². The van der Waals surface area contributed by atoms with E-state index in [9.17, 15) is 14.0 Å². The molecule has 1 amide bonds. The second-order valence-electron chi connectivity index (χ2n) is 7.79. The van der Waals surface area contributed by atoms with Gasteiger partial charge in [-0.25, -0.2) is 9.18 Å². The molecule has 168 valence electrons. The number of halogens is 1. The number of Topliss-reactive ketones (excluding diaryl/α,β-unsaturated/α-hetero) is 1. The van der Waals surface area contributed by atoms with Gasteiger partial charge in [-0.2, -0.15) is 0 Å². The fourth-order valence-corrected chi connectivity index (χ4v) is 5.14. The highest BCUT2D eigenvalue weighted by atomic mass is 33.1. The molecule has 0 radical (unpaired) electrons. The zero-order valence-corrected chi connectivity index (χ0v) is 19.7. The first-order valence-electron chi connectivity index (χ1n) is 10.5. The van der Waals surface area contributed by atoms with Crippen molar-refractivity contribution >= 4 is 44.4 Å². The van der Waals surface area contributed by atoms with E-state index in [-0.39, 0.29) is 11.9 Å². The first kappa shape index (κ1) is 22.7. The fraction of sp³-hybridized carbons (Fsp3) is 0.333. The van der Waals surface area contributed by atoms with Crippen molar-refractivity contribution in [1.82, 2.24) is 9.88 Å². The summed E-state index contributed by atoms with van der Waals surface area (Å²) in [4.78, 5) is 29.5. The Labute approximate surface area is 194 Å². The third-order valence-electron chi connectivity index (χ3n) is 5.58. The van der Waals surface area contributed by atoms with Crippen LogP contribution in [0.2, 0.25) is 0 Å². The molecule has 4 rings (SSSR count). The molecule has 0 saturated heterocycles.